The Balaban J connectivity index is 2.86. The van der Waals surface area contributed by atoms with Crippen LogP contribution in [-0.4, -0.2) is 28.6 Å². The normalized spacial score (nSPS) is 12.7. The monoisotopic (exact) mass is 279 g/mol. The van der Waals surface area contributed by atoms with Crippen LogP contribution in [0.5, 0.6) is 5.75 Å². The Hall–Kier alpha value is -2.04. The molecule has 0 spiro atoms. The number of amides is 1. The Labute approximate surface area is 118 Å². The molecule has 1 aromatic rings. The molecule has 0 heterocycles. The summed E-state index contributed by atoms with van der Waals surface area (Å²) in [5.41, 5.74) is 0.341. The van der Waals surface area contributed by atoms with Crippen LogP contribution in [-0.2, 0) is 4.79 Å². The van der Waals surface area contributed by atoms with E-state index in [2.05, 4.69) is 5.32 Å². The second-order valence-electron chi connectivity index (χ2n) is 5.73. The highest BCUT2D eigenvalue weighted by molar-refractivity contribution is 5.90. The predicted molar refractivity (Wildman–Crippen MR) is 76.1 cm³/mol. The zero-order chi connectivity index (χ0) is 15.5. The first-order chi connectivity index (χ1) is 9.11. The smallest absolute Gasteiger partial charge is 0.336 e. The Morgan fingerprint density at radius 3 is 2.40 bits per heavy atom. The highest BCUT2D eigenvalue weighted by atomic mass is 16.5. The van der Waals surface area contributed by atoms with Gasteiger partial charge in [0.05, 0.1) is 5.56 Å². The van der Waals surface area contributed by atoms with Gasteiger partial charge < -0.3 is 15.2 Å². The van der Waals surface area contributed by atoms with E-state index in [0.717, 1.165) is 0 Å². The van der Waals surface area contributed by atoms with Crippen molar-refractivity contribution < 1.29 is 19.4 Å². The first kappa shape index (κ1) is 16.0. The van der Waals surface area contributed by atoms with Crippen LogP contribution >= 0.6 is 0 Å². The number of carbonyl (C=O) groups excluding carboxylic acids is 1. The molecule has 1 atom stereocenters. The SMILES string of the molecule is Cc1c(OC(C)C(=O)NC(C)(C)C)cccc1C(=O)O. The van der Waals surface area contributed by atoms with Crippen LogP contribution in [0.25, 0.3) is 0 Å². The topological polar surface area (TPSA) is 75.6 Å². The average molecular weight is 279 g/mol. The lowest BCUT2D eigenvalue weighted by molar-refractivity contribution is -0.128. The van der Waals surface area contributed by atoms with Crippen molar-refractivity contribution in [1.82, 2.24) is 5.32 Å². The summed E-state index contributed by atoms with van der Waals surface area (Å²) in [6.07, 6.45) is -0.697. The fourth-order valence-electron chi connectivity index (χ4n) is 1.69. The van der Waals surface area contributed by atoms with E-state index in [-0.39, 0.29) is 17.0 Å². The molecule has 0 fully saturated rings. The van der Waals surface area contributed by atoms with Crippen LogP contribution in [0.15, 0.2) is 18.2 Å². The minimum absolute atomic E-state index is 0.172. The lowest BCUT2D eigenvalue weighted by atomic mass is 10.1. The van der Waals surface area contributed by atoms with Gasteiger partial charge in [-0.05, 0) is 46.8 Å². The van der Waals surface area contributed by atoms with Crippen LogP contribution in [0.4, 0.5) is 0 Å². The molecule has 0 saturated carbocycles. The summed E-state index contributed by atoms with van der Waals surface area (Å²) in [7, 11) is 0. The van der Waals surface area contributed by atoms with Gasteiger partial charge in [0, 0.05) is 11.1 Å². The Morgan fingerprint density at radius 1 is 1.30 bits per heavy atom. The van der Waals surface area contributed by atoms with Gasteiger partial charge in [0.15, 0.2) is 6.10 Å². The Bertz CT molecular complexity index is 517. The van der Waals surface area contributed by atoms with Gasteiger partial charge >= 0.3 is 5.97 Å². The van der Waals surface area contributed by atoms with Gasteiger partial charge in [-0.15, -0.1) is 0 Å². The van der Waals surface area contributed by atoms with Gasteiger partial charge in [0.1, 0.15) is 5.75 Å². The molecule has 2 N–H and O–H groups in total. The third-order valence-corrected chi connectivity index (χ3v) is 2.69. The number of aromatic carboxylic acids is 1. The van der Waals surface area contributed by atoms with Gasteiger partial charge in [-0.3, -0.25) is 4.79 Å². The Morgan fingerprint density at radius 2 is 1.90 bits per heavy atom. The highest BCUT2D eigenvalue weighted by Gasteiger charge is 2.21. The van der Waals surface area contributed by atoms with E-state index in [1.165, 1.54) is 6.07 Å². The van der Waals surface area contributed by atoms with E-state index < -0.39 is 12.1 Å². The molecule has 1 amide bonds. The minimum atomic E-state index is -1.01. The number of hydrogen-bond acceptors (Lipinski definition) is 3. The van der Waals surface area contributed by atoms with Gasteiger partial charge in [0.2, 0.25) is 0 Å². The van der Waals surface area contributed by atoms with Crippen molar-refractivity contribution in [3.8, 4) is 5.75 Å². The summed E-state index contributed by atoms with van der Waals surface area (Å²) in [5, 5.41) is 11.9. The number of benzene rings is 1. The van der Waals surface area contributed by atoms with Crippen molar-refractivity contribution in [3.63, 3.8) is 0 Å². The predicted octanol–water partition coefficient (Wildman–Crippen LogP) is 2.38. The average Bonchev–Trinajstić information content (AvgIpc) is 2.29. The van der Waals surface area contributed by atoms with Gasteiger partial charge in [-0.25, -0.2) is 4.79 Å². The number of carbonyl (C=O) groups is 2. The number of ether oxygens (including phenoxy) is 1. The number of carboxylic acid groups (broad SMARTS) is 1. The third kappa shape index (κ3) is 4.26. The maximum absolute atomic E-state index is 11.9. The molecule has 1 unspecified atom stereocenters. The van der Waals surface area contributed by atoms with Crippen LogP contribution in [0.2, 0.25) is 0 Å². The van der Waals surface area contributed by atoms with E-state index in [0.29, 0.717) is 11.3 Å². The molecule has 0 aromatic heterocycles. The number of nitrogens with one attached hydrogen (secondary N) is 1. The van der Waals surface area contributed by atoms with E-state index in [4.69, 9.17) is 9.84 Å². The maximum atomic E-state index is 11.9. The zero-order valence-electron chi connectivity index (χ0n) is 12.5. The summed E-state index contributed by atoms with van der Waals surface area (Å²) < 4.78 is 5.57. The van der Waals surface area contributed by atoms with Crippen molar-refractivity contribution in [2.45, 2.75) is 46.3 Å². The number of rotatable bonds is 4. The second kappa shape index (κ2) is 5.94. The molecule has 0 aliphatic heterocycles. The van der Waals surface area contributed by atoms with Gasteiger partial charge in [-0.2, -0.15) is 0 Å². The standard InChI is InChI=1S/C15H21NO4/c1-9-11(14(18)19)7-6-8-12(9)20-10(2)13(17)16-15(3,4)5/h6-8,10H,1-5H3,(H,16,17)(H,18,19). The summed E-state index contributed by atoms with van der Waals surface area (Å²) in [6, 6.07) is 4.76. The molecule has 1 rings (SSSR count). The van der Waals surface area contributed by atoms with E-state index in [1.54, 1.807) is 26.0 Å². The van der Waals surface area contributed by atoms with Crippen molar-refractivity contribution in [2.75, 3.05) is 0 Å². The molecule has 0 radical (unpaired) electrons. The first-order valence-corrected chi connectivity index (χ1v) is 6.43. The molecule has 0 saturated heterocycles. The molecular weight excluding hydrogens is 258 g/mol. The molecule has 0 bridgehead atoms. The molecule has 0 aliphatic rings. The fourth-order valence-corrected chi connectivity index (χ4v) is 1.69. The zero-order valence-corrected chi connectivity index (χ0v) is 12.5. The molecule has 5 nitrogen and oxygen atoms in total. The van der Waals surface area contributed by atoms with E-state index >= 15 is 0 Å². The lowest BCUT2D eigenvalue weighted by Gasteiger charge is -2.24. The molecule has 1 aromatic carbocycles. The van der Waals surface area contributed by atoms with Gasteiger partial charge in [0.25, 0.3) is 5.91 Å². The molecule has 0 aliphatic carbocycles. The third-order valence-electron chi connectivity index (χ3n) is 2.69. The van der Waals surface area contributed by atoms with Crippen molar-refractivity contribution >= 4 is 11.9 Å². The largest absolute Gasteiger partial charge is 0.481 e. The minimum Gasteiger partial charge on any atom is -0.481 e. The lowest BCUT2D eigenvalue weighted by Crippen LogP contribution is -2.46. The summed E-state index contributed by atoms with van der Waals surface area (Å²) in [6.45, 7) is 8.94. The van der Waals surface area contributed by atoms with Gasteiger partial charge in [-0.1, -0.05) is 6.07 Å². The molecule has 5 heteroatoms. The fraction of sp³-hybridized carbons (Fsp3) is 0.467. The second-order valence-corrected chi connectivity index (χ2v) is 5.73. The quantitative estimate of drug-likeness (QED) is 0.887. The number of carboxylic acids is 1. The summed E-state index contributed by atoms with van der Waals surface area (Å²) in [5.74, 6) is -0.848. The Kier molecular flexibility index (Phi) is 4.76. The van der Waals surface area contributed by atoms with Crippen molar-refractivity contribution in [2.24, 2.45) is 0 Å². The van der Waals surface area contributed by atoms with Crippen LogP contribution in [0.3, 0.4) is 0 Å². The van der Waals surface area contributed by atoms with Crippen LogP contribution in [0, 0.1) is 6.92 Å². The van der Waals surface area contributed by atoms with Crippen LogP contribution in [0.1, 0.15) is 43.6 Å². The summed E-state index contributed by atoms with van der Waals surface area (Å²) >= 11 is 0. The molecule has 20 heavy (non-hydrogen) atoms. The number of hydrogen-bond donors (Lipinski definition) is 2. The maximum Gasteiger partial charge on any atom is 0.336 e. The van der Waals surface area contributed by atoms with Crippen molar-refractivity contribution in [1.29, 1.82) is 0 Å². The highest BCUT2D eigenvalue weighted by Crippen LogP contribution is 2.22. The van der Waals surface area contributed by atoms with E-state index in [9.17, 15) is 9.59 Å². The summed E-state index contributed by atoms with van der Waals surface area (Å²) in [4.78, 5) is 23.0. The molecular formula is C15H21NO4. The first-order valence-electron chi connectivity index (χ1n) is 6.43. The molecule has 110 valence electrons. The van der Waals surface area contributed by atoms with Crippen molar-refractivity contribution in [3.05, 3.63) is 29.3 Å². The van der Waals surface area contributed by atoms with Crippen LogP contribution < -0.4 is 10.1 Å². The van der Waals surface area contributed by atoms with E-state index in [1.807, 2.05) is 20.8 Å².